The van der Waals surface area contributed by atoms with Gasteiger partial charge in [-0.15, -0.1) is 11.3 Å². The second-order valence-corrected chi connectivity index (χ2v) is 9.85. The van der Waals surface area contributed by atoms with Crippen molar-refractivity contribution >= 4 is 48.7 Å². The fraction of sp³-hybridized carbons (Fsp3) is 0.333. The third-order valence-corrected chi connectivity index (χ3v) is 7.56. The fourth-order valence-electron chi connectivity index (χ4n) is 4.68. The van der Waals surface area contributed by atoms with E-state index in [2.05, 4.69) is 49.1 Å². The van der Waals surface area contributed by atoms with E-state index in [0.717, 1.165) is 53.9 Å². The standard InChI is InChI=1S/C28H30N4OS.C2H6/c1-3-5-6-15-31(14-4-2)25-18-26(33)32-16-8-11-22(28(32)30-25)20-9-7-10-21-23-17-19(29)12-13-24(23)34-27(20)21;1-2/h7-13,16-18H,3-6,14-15,29H2,1-2H3;1-2H3. The van der Waals surface area contributed by atoms with Gasteiger partial charge in [0.25, 0.3) is 5.56 Å². The molecule has 0 aliphatic heterocycles. The molecule has 0 amide bonds. The van der Waals surface area contributed by atoms with E-state index < -0.39 is 0 Å². The minimum absolute atomic E-state index is 0.0465. The van der Waals surface area contributed by atoms with Gasteiger partial charge in [-0.3, -0.25) is 9.20 Å². The molecule has 188 valence electrons. The lowest BCUT2D eigenvalue weighted by atomic mass is 10.0. The predicted molar refractivity (Wildman–Crippen MR) is 158 cm³/mol. The smallest absolute Gasteiger partial charge is 0.259 e. The molecule has 0 fully saturated rings. The Morgan fingerprint density at radius 3 is 2.50 bits per heavy atom. The molecule has 5 rings (SSSR count). The molecule has 3 heterocycles. The highest BCUT2D eigenvalue weighted by Crippen LogP contribution is 2.41. The van der Waals surface area contributed by atoms with Crippen molar-refractivity contribution in [1.29, 1.82) is 0 Å². The van der Waals surface area contributed by atoms with E-state index in [1.54, 1.807) is 21.8 Å². The summed E-state index contributed by atoms with van der Waals surface area (Å²) in [6, 6.07) is 18.1. The molecule has 2 aromatic carbocycles. The Hall–Kier alpha value is -3.38. The third kappa shape index (κ3) is 4.96. The van der Waals surface area contributed by atoms with Crippen LogP contribution in [0.5, 0.6) is 0 Å². The maximum Gasteiger partial charge on any atom is 0.259 e. The lowest BCUT2D eigenvalue weighted by molar-refractivity contribution is 0.663. The molecule has 3 aromatic heterocycles. The van der Waals surface area contributed by atoms with E-state index in [1.165, 1.54) is 27.6 Å². The third-order valence-electron chi connectivity index (χ3n) is 6.34. The van der Waals surface area contributed by atoms with Crippen molar-refractivity contribution in [2.45, 2.75) is 53.4 Å². The summed E-state index contributed by atoms with van der Waals surface area (Å²) in [7, 11) is 0. The summed E-state index contributed by atoms with van der Waals surface area (Å²) in [5.74, 6) is 0.770. The molecule has 5 aromatic rings. The Bertz CT molecular complexity index is 1540. The van der Waals surface area contributed by atoms with Crippen LogP contribution in [0.3, 0.4) is 0 Å². The van der Waals surface area contributed by atoms with Gasteiger partial charge in [0, 0.05) is 62.3 Å². The minimum atomic E-state index is -0.0465. The van der Waals surface area contributed by atoms with Crippen LogP contribution in [0, 0.1) is 0 Å². The number of nitrogens with two attached hydrogens (primary N) is 1. The van der Waals surface area contributed by atoms with Crippen molar-refractivity contribution in [3.05, 3.63) is 71.1 Å². The number of benzene rings is 2. The number of rotatable bonds is 8. The number of thiophene rings is 1. The molecule has 2 N–H and O–H groups in total. The summed E-state index contributed by atoms with van der Waals surface area (Å²) in [5, 5.41) is 2.34. The molecule has 0 aliphatic carbocycles. The predicted octanol–water partition coefficient (Wildman–Crippen LogP) is 7.74. The number of hydrogen-bond donors (Lipinski definition) is 1. The van der Waals surface area contributed by atoms with Crippen molar-refractivity contribution < 1.29 is 0 Å². The van der Waals surface area contributed by atoms with Crippen molar-refractivity contribution in [3.8, 4) is 11.1 Å². The summed E-state index contributed by atoms with van der Waals surface area (Å²) in [4.78, 5) is 20.5. The number of hydrogen-bond acceptors (Lipinski definition) is 5. The number of pyridine rings is 1. The fourth-order valence-corrected chi connectivity index (χ4v) is 5.89. The summed E-state index contributed by atoms with van der Waals surface area (Å²) >= 11 is 1.76. The zero-order chi connectivity index (χ0) is 25.7. The average molecular weight is 501 g/mol. The van der Waals surface area contributed by atoms with Gasteiger partial charge in [0.15, 0.2) is 0 Å². The summed E-state index contributed by atoms with van der Waals surface area (Å²) < 4.78 is 4.05. The van der Waals surface area contributed by atoms with Crippen molar-refractivity contribution in [3.63, 3.8) is 0 Å². The molecule has 0 radical (unpaired) electrons. The zero-order valence-electron chi connectivity index (χ0n) is 21.8. The first-order valence-corrected chi connectivity index (χ1v) is 13.9. The first kappa shape index (κ1) is 25.7. The topological polar surface area (TPSA) is 63.6 Å². The molecule has 0 atom stereocenters. The number of anilines is 2. The summed E-state index contributed by atoms with van der Waals surface area (Å²) in [5.41, 5.74) is 9.56. The van der Waals surface area contributed by atoms with E-state index in [9.17, 15) is 4.79 Å². The Balaban J connectivity index is 0.00000148. The molecule has 5 nitrogen and oxygen atoms in total. The minimum Gasteiger partial charge on any atom is -0.399 e. The molecule has 0 saturated carbocycles. The summed E-state index contributed by atoms with van der Waals surface area (Å²) in [6.45, 7) is 10.2. The lowest BCUT2D eigenvalue weighted by Gasteiger charge is -2.23. The van der Waals surface area contributed by atoms with Crippen LogP contribution in [0.1, 0.15) is 53.4 Å². The van der Waals surface area contributed by atoms with Crippen LogP contribution >= 0.6 is 11.3 Å². The normalized spacial score (nSPS) is 11.1. The van der Waals surface area contributed by atoms with Crippen molar-refractivity contribution in [2.75, 3.05) is 23.7 Å². The van der Waals surface area contributed by atoms with Crippen LogP contribution in [0.25, 0.3) is 36.9 Å². The maximum atomic E-state index is 13.1. The van der Waals surface area contributed by atoms with E-state index >= 15 is 0 Å². The molecule has 6 heteroatoms. The highest BCUT2D eigenvalue weighted by atomic mass is 32.1. The van der Waals surface area contributed by atoms with Gasteiger partial charge in [-0.1, -0.05) is 58.7 Å². The summed E-state index contributed by atoms with van der Waals surface area (Å²) in [6.07, 6.45) is 6.27. The second kappa shape index (κ2) is 11.6. The van der Waals surface area contributed by atoms with Gasteiger partial charge >= 0.3 is 0 Å². The largest absolute Gasteiger partial charge is 0.399 e. The Labute approximate surface area is 217 Å². The Kier molecular flexibility index (Phi) is 8.26. The van der Waals surface area contributed by atoms with Crippen LogP contribution in [-0.2, 0) is 0 Å². The van der Waals surface area contributed by atoms with E-state index in [0.29, 0.717) is 5.65 Å². The molecule has 0 spiro atoms. The Morgan fingerprint density at radius 1 is 0.917 bits per heavy atom. The number of aromatic nitrogens is 2. The monoisotopic (exact) mass is 500 g/mol. The molecular formula is C30H36N4OS. The van der Waals surface area contributed by atoms with Crippen molar-refractivity contribution in [2.24, 2.45) is 0 Å². The van der Waals surface area contributed by atoms with Gasteiger partial charge in [-0.05, 0) is 43.2 Å². The first-order valence-electron chi connectivity index (χ1n) is 13.1. The molecule has 0 bridgehead atoms. The van der Waals surface area contributed by atoms with Gasteiger partial charge in [-0.25, -0.2) is 4.98 Å². The van der Waals surface area contributed by atoms with Gasteiger partial charge in [-0.2, -0.15) is 0 Å². The Morgan fingerprint density at radius 2 is 1.72 bits per heavy atom. The van der Waals surface area contributed by atoms with Crippen LogP contribution in [0.15, 0.2) is 65.6 Å². The van der Waals surface area contributed by atoms with Gasteiger partial charge in [0.05, 0.1) is 0 Å². The number of unbranched alkanes of at least 4 members (excludes halogenated alkanes) is 2. The highest BCUT2D eigenvalue weighted by molar-refractivity contribution is 7.26. The van der Waals surface area contributed by atoms with E-state index in [4.69, 9.17) is 10.7 Å². The molecular weight excluding hydrogens is 464 g/mol. The molecule has 0 aliphatic rings. The van der Waals surface area contributed by atoms with Crippen LogP contribution in [-0.4, -0.2) is 22.5 Å². The highest BCUT2D eigenvalue weighted by Gasteiger charge is 2.16. The molecule has 0 unspecified atom stereocenters. The molecule has 0 saturated heterocycles. The van der Waals surface area contributed by atoms with E-state index in [-0.39, 0.29) is 5.56 Å². The van der Waals surface area contributed by atoms with Gasteiger partial charge < -0.3 is 10.6 Å². The lowest BCUT2D eigenvalue weighted by Crippen LogP contribution is -2.28. The van der Waals surface area contributed by atoms with Gasteiger partial charge in [0.1, 0.15) is 11.5 Å². The number of nitrogens with zero attached hydrogens (tertiary/aromatic N) is 3. The number of fused-ring (bicyclic) bond motifs is 4. The SMILES string of the molecule is CC.CCCCCN(CCC)c1cc(=O)n2cccc(-c3cccc4c3sc3ccc(N)cc34)c2n1. The molecule has 36 heavy (non-hydrogen) atoms. The quantitative estimate of drug-likeness (QED) is 0.175. The van der Waals surface area contributed by atoms with Gasteiger partial charge in [0.2, 0.25) is 0 Å². The van der Waals surface area contributed by atoms with Crippen molar-refractivity contribution in [1.82, 2.24) is 9.38 Å². The zero-order valence-corrected chi connectivity index (χ0v) is 22.6. The van der Waals surface area contributed by atoms with Crippen LogP contribution in [0.2, 0.25) is 0 Å². The second-order valence-electron chi connectivity index (χ2n) is 8.80. The average Bonchev–Trinajstić information content (AvgIpc) is 3.27. The van der Waals surface area contributed by atoms with E-state index in [1.807, 2.05) is 38.2 Å². The first-order chi connectivity index (χ1) is 17.6. The maximum absolute atomic E-state index is 13.1. The number of nitrogen functional groups attached to an aromatic ring is 1. The van der Waals surface area contributed by atoms with Crippen LogP contribution < -0.4 is 16.2 Å². The van der Waals surface area contributed by atoms with Crippen LogP contribution in [0.4, 0.5) is 11.5 Å².